The van der Waals surface area contributed by atoms with Gasteiger partial charge in [-0.25, -0.2) is 0 Å². The highest BCUT2D eigenvalue weighted by atomic mass is 35.5. The Kier molecular flexibility index (Phi) is 10.2. The second-order valence-corrected chi connectivity index (χ2v) is 9.75. The Morgan fingerprint density at radius 2 is 1.74 bits per heavy atom. The van der Waals surface area contributed by atoms with Gasteiger partial charge in [0.25, 0.3) is 0 Å². The number of nitrogens with one attached hydrogen (secondary N) is 1. The van der Waals surface area contributed by atoms with E-state index in [1.165, 1.54) is 5.56 Å². The maximum atomic E-state index is 13.2. The van der Waals surface area contributed by atoms with Crippen molar-refractivity contribution in [3.8, 4) is 0 Å². The Morgan fingerprint density at radius 1 is 1.06 bits per heavy atom. The number of rotatable bonds is 10. The predicted octanol–water partition coefficient (Wildman–Crippen LogP) is 6.12. The topological polar surface area (TPSA) is 49.4 Å². The van der Waals surface area contributed by atoms with E-state index in [2.05, 4.69) is 29.6 Å². The molecule has 0 saturated carbocycles. The third-order valence-corrected chi connectivity index (χ3v) is 6.51. The zero-order chi connectivity index (χ0) is 23.0. The van der Waals surface area contributed by atoms with Crippen LogP contribution in [0.3, 0.4) is 0 Å². The summed E-state index contributed by atoms with van der Waals surface area (Å²) in [6, 6.07) is 13.0. The molecule has 2 amide bonds. The zero-order valence-corrected chi connectivity index (χ0v) is 20.8. The van der Waals surface area contributed by atoms with Crippen molar-refractivity contribution in [3.05, 3.63) is 63.6 Å². The summed E-state index contributed by atoms with van der Waals surface area (Å²) >= 11 is 13.8. The fraction of sp³-hybridized carbons (Fsp3) is 0.417. The quantitative estimate of drug-likeness (QED) is 0.416. The molecule has 1 N–H and O–H groups in total. The minimum absolute atomic E-state index is 0.000529. The van der Waals surface area contributed by atoms with Gasteiger partial charge in [-0.1, -0.05) is 53.9 Å². The molecule has 0 aliphatic heterocycles. The van der Waals surface area contributed by atoms with Crippen molar-refractivity contribution in [1.29, 1.82) is 0 Å². The second kappa shape index (κ2) is 12.4. The summed E-state index contributed by atoms with van der Waals surface area (Å²) in [6.45, 7) is 8.09. The van der Waals surface area contributed by atoms with Crippen LogP contribution in [0.5, 0.6) is 0 Å². The van der Waals surface area contributed by atoms with Crippen molar-refractivity contribution in [2.45, 2.75) is 64.1 Å². The smallest absolute Gasteiger partial charge is 0.243 e. The first kappa shape index (κ1) is 25.6. The van der Waals surface area contributed by atoms with Crippen LogP contribution in [0.25, 0.3) is 0 Å². The zero-order valence-electron chi connectivity index (χ0n) is 18.5. The number of halogens is 2. The van der Waals surface area contributed by atoms with Crippen LogP contribution in [0, 0.1) is 6.92 Å². The standard InChI is InChI=1S/C24H30Cl2N2O2S/c1-5-22(24(30)27-16(2)3)28(15-18-8-11-20(25)21(26)14-18)23(29)12-13-31-19-9-6-17(4)7-10-19/h6-11,14,16,22H,5,12-13,15H2,1-4H3,(H,27,30)/t22-/m1/s1. The van der Waals surface area contributed by atoms with Gasteiger partial charge in [0.2, 0.25) is 11.8 Å². The maximum Gasteiger partial charge on any atom is 0.243 e. The highest BCUT2D eigenvalue weighted by molar-refractivity contribution is 7.99. The third kappa shape index (κ3) is 8.06. The van der Waals surface area contributed by atoms with Crippen LogP contribution in [0.15, 0.2) is 47.4 Å². The van der Waals surface area contributed by atoms with E-state index in [9.17, 15) is 9.59 Å². The highest BCUT2D eigenvalue weighted by Gasteiger charge is 2.28. The summed E-state index contributed by atoms with van der Waals surface area (Å²) in [5.41, 5.74) is 2.04. The molecule has 168 valence electrons. The molecule has 2 aromatic rings. The normalized spacial score (nSPS) is 12.0. The molecule has 2 rings (SSSR count). The van der Waals surface area contributed by atoms with Crippen LogP contribution >= 0.6 is 35.0 Å². The molecule has 2 aromatic carbocycles. The summed E-state index contributed by atoms with van der Waals surface area (Å²) in [5, 5.41) is 3.83. The van der Waals surface area contributed by atoms with E-state index in [1.54, 1.807) is 28.8 Å². The summed E-state index contributed by atoms with van der Waals surface area (Å²) in [5.74, 6) is 0.440. The van der Waals surface area contributed by atoms with Crippen molar-refractivity contribution < 1.29 is 9.59 Å². The lowest BCUT2D eigenvalue weighted by atomic mass is 10.1. The summed E-state index contributed by atoms with van der Waals surface area (Å²) in [7, 11) is 0. The molecule has 0 saturated heterocycles. The van der Waals surface area contributed by atoms with E-state index in [-0.39, 0.29) is 17.9 Å². The van der Waals surface area contributed by atoms with Gasteiger partial charge in [0.1, 0.15) is 6.04 Å². The van der Waals surface area contributed by atoms with Crippen LogP contribution in [-0.2, 0) is 16.1 Å². The van der Waals surface area contributed by atoms with Gasteiger partial charge >= 0.3 is 0 Å². The Hall–Kier alpha value is -1.69. The number of benzene rings is 2. The number of nitrogens with zero attached hydrogens (tertiary/aromatic N) is 1. The highest BCUT2D eigenvalue weighted by Crippen LogP contribution is 2.25. The molecule has 0 fully saturated rings. The summed E-state index contributed by atoms with van der Waals surface area (Å²) in [4.78, 5) is 28.8. The van der Waals surface area contributed by atoms with E-state index in [0.29, 0.717) is 35.2 Å². The average molecular weight is 481 g/mol. The largest absolute Gasteiger partial charge is 0.352 e. The molecule has 0 unspecified atom stereocenters. The predicted molar refractivity (Wildman–Crippen MR) is 131 cm³/mol. The van der Waals surface area contributed by atoms with E-state index in [1.807, 2.05) is 33.8 Å². The van der Waals surface area contributed by atoms with E-state index < -0.39 is 6.04 Å². The van der Waals surface area contributed by atoms with Gasteiger partial charge in [-0.15, -0.1) is 11.8 Å². The van der Waals surface area contributed by atoms with Crippen molar-refractivity contribution in [1.82, 2.24) is 10.2 Å². The number of aryl methyl sites for hydroxylation is 1. The summed E-state index contributed by atoms with van der Waals surface area (Å²) < 4.78 is 0. The molecule has 0 aliphatic carbocycles. The fourth-order valence-electron chi connectivity index (χ4n) is 3.17. The number of thioether (sulfide) groups is 1. The number of hydrogen-bond acceptors (Lipinski definition) is 3. The van der Waals surface area contributed by atoms with Crippen LogP contribution in [0.2, 0.25) is 10.0 Å². The van der Waals surface area contributed by atoms with E-state index in [0.717, 1.165) is 10.5 Å². The number of carbonyl (C=O) groups excluding carboxylic acids is 2. The van der Waals surface area contributed by atoms with E-state index in [4.69, 9.17) is 23.2 Å². The molecule has 0 spiro atoms. The third-order valence-electron chi connectivity index (χ3n) is 4.76. The fourth-order valence-corrected chi connectivity index (χ4v) is 4.33. The average Bonchev–Trinajstić information content (AvgIpc) is 2.71. The first-order chi connectivity index (χ1) is 14.7. The molecule has 0 radical (unpaired) electrons. The molecular formula is C24H30Cl2N2O2S. The maximum absolute atomic E-state index is 13.2. The molecule has 0 bridgehead atoms. The van der Waals surface area contributed by atoms with E-state index >= 15 is 0 Å². The Morgan fingerprint density at radius 3 is 2.32 bits per heavy atom. The number of amides is 2. The monoisotopic (exact) mass is 480 g/mol. The first-order valence-electron chi connectivity index (χ1n) is 10.4. The van der Waals surface area contributed by atoms with Gasteiger partial charge in [0.05, 0.1) is 10.0 Å². The molecule has 31 heavy (non-hydrogen) atoms. The molecule has 0 heterocycles. The lowest BCUT2D eigenvalue weighted by molar-refractivity contribution is -0.141. The molecule has 1 atom stereocenters. The Labute approximate surface area is 199 Å². The van der Waals surface area contributed by atoms with Gasteiger partial charge < -0.3 is 10.2 Å². The van der Waals surface area contributed by atoms with Crippen molar-refractivity contribution in [2.24, 2.45) is 0 Å². The van der Waals surface area contributed by atoms with Gasteiger partial charge in [0, 0.05) is 29.7 Å². The minimum Gasteiger partial charge on any atom is -0.352 e. The van der Waals surface area contributed by atoms with Crippen molar-refractivity contribution in [2.75, 3.05) is 5.75 Å². The van der Waals surface area contributed by atoms with Gasteiger partial charge in [0.15, 0.2) is 0 Å². The van der Waals surface area contributed by atoms with Crippen LogP contribution in [0.4, 0.5) is 0 Å². The lowest BCUT2D eigenvalue weighted by Gasteiger charge is -2.31. The second-order valence-electron chi connectivity index (χ2n) is 7.77. The molecule has 0 aromatic heterocycles. The van der Waals surface area contributed by atoms with Crippen LogP contribution in [-0.4, -0.2) is 34.6 Å². The minimum atomic E-state index is -0.547. The lowest BCUT2D eigenvalue weighted by Crippen LogP contribution is -2.50. The van der Waals surface area contributed by atoms with Crippen molar-refractivity contribution in [3.63, 3.8) is 0 Å². The number of hydrogen-bond donors (Lipinski definition) is 1. The van der Waals surface area contributed by atoms with Crippen LogP contribution in [0.1, 0.15) is 44.7 Å². The van der Waals surface area contributed by atoms with Gasteiger partial charge in [-0.05, 0) is 57.0 Å². The Balaban J connectivity index is 2.15. The molecule has 7 heteroatoms. The van der Waals surface area contributed by atoms with Crippen LogP contribution < -0.4 is 5.32 Å². The molecule has 4 nitrogen and oxygen atoms in total. The first-order valence-corrected chi connectivity index (χ1v) is 12.2. The molecular weight excluding hydrogens is 451 g/mol. The number of carbonyl (C=O) groups is 2. The Bertz CT molecular complexity index is 888. The van der Waals surface area contributed by atoms with Gasteiger partial charge in [-0.2, -0.15) is 0 Å². The molecule has 0 aliphatic rings. The summed E-state index contributed by atoms with van der Waals surface area (Å²) in [6.07, 6.45) is 0.863. The van der Waals surface area contributed by atoms with Gasteiger partial charge in [-0.3, -0.25) is 9.59 Å². The van der Waals surface area contributed by atoms with Crippen molar-refractivity contribution >= 4 is 46.8 Å². The SMILES string of the molecule is CC[C@H](C(=O)NC(C)C)N(Cc1ccc(Cl)c(Cl)c1)C(=O)CCSc1ccc(C)cc1.